The summed E-state index contributed by atoms with van der Waals surface area (Å²) in [4.78, 5) is 13.3. The Morgan fingerprint density at radius 1 is 0.424 bits per heavy atom. The number of ether oxygens (including phenoxy) is 4. The van der Waals surface area contributed by atoms with Crippen molar-refractivity contribution in [2.24, 2.45) is 0 Å². The maximum absolute atomic E-state index is 13.3. The molecule has 0 saturated carbocycles. The molecule has 498 valence electrons. The van der Waals surface area contributed by atoms with Crippen LogP contribution in [0.1, 0.15) is 303 Å². The van der Waals surface area contributed by atoms with Crippen LogP contribution in [-0.2, 0) is 23.7 Å². The lowest BCUT2D eigenvalue weighted by Gasteiger charge is -2.46. The molecule has 2 aliphatic rings. The number of nitrogens with one attached hydrogen (secondary N) is 1. The van der Waals surface area contributed by atoms with Crippen molar-refractivity contribution in [3.63, 3.8) is 0 Å². The van der Waals surface area contributed by atoms with E-state index < -0.39 is 86.8 Å². The predicted octanol–water partition coefficient (Wildman–Crippen LogP) is 14.3. The molecule has 12 unspecified atom stereocenters. The summed E-state index contributed by atoms with van der Waals surface area (Å²) in [7, 11) is 0. The zero-order valence-electron chi connectivity index (χ0n) is 54.1. The summed E-state index contributed by atoms with van der Waals surface area (Å²) in [5.74, 6) is -0.249. The normalized spacial score (nSPS) is 23.8. The van der Waals surface area contributed by atoms with Gasteiger partial charge in [-0.15, -0.1) is 0 Å². The highest BCUT2D eigenvalue weighted by atomic mass is 16.7. The summed E-state index contributed by atoms with van der Waals surface area (Å²) in [5.41, 5.74) is 0. The fraction of sp³-hybridized carbons (Fsp3) is 0.873. The molecule has 2 saturated heterocycles. The highest BCUT2D eigenvalue weighted by Crippen LogP contribution is 2.30. The van der Waals surface area contributed by atoms with E-state index >= 15 is 0 Å². The minimum Gasteiger partial charge on any atom is -0.394 e. The van der Waals surface area contributed by atoms with E-state index in [1.807, 2.05) is 6.08 Å². The van der Waals surface area contributed by atoms with Crippen LogP contribution in [0.3, 0.4) is 0 Å². The second-order valence-corrected chi connectivity index (χ2v) is 25.0. The second-order valence-electron chi connectivity index (χ2n) is 25.0. The number of allylic oxidation sites excluding steroid dienone is 7. The van der Waals surface area contributed by atoms with Crippen LogP contribution in [0.15, 0.2) is 48.6 Å². The fourth-order valence-corrected chi connectivity index (χ4v) is 11.6. The molecule has 14 nitrogen and oxygen atoms in total. The summed E-state index contributed by atoms with van der Waals surface area (Å²) >= 11 is 0. The number of hydrogen-bond donors (Lipinski definition) is 9. The summed E-state index contributed by atoms with van der Waals surface area (Å²) in [6.45, 7) is 2.81. The van der Waals surface area contributed by atoms with Gasteiger partial charge in [0.25, 0.3) is 0 Å². The Bertz CT molecular complexity index is 1610. The van der Waals surface area contributed by atoms with Gasteiger partial charge in [0.15, 0.2) is 12.6 Å². The molecule has 2 fully saturated rings. The van der Waals surface area contributed by atoms with Gasteiger partial charge in [0.05, 0.1) is 32.0 Å². The van der Waals surface area contributed by atoms with Crippen LogP contribution in [0.2, 0.25) is 0 Å². The number of hydrogen-bond acceptors (Lipinski definition) is 13. The van der Waals surface area contributed by atoms with Crippen LogP contribution < -0.4 is 5.32 Å². The van der Waals surface area contributed by atoms with Crippen LogP contribution in [0, 0.1) is 0 Å². The molecule has 2 rings (SSSR count). The van der Waals surface area contributed by atoms with Crippen LogP contribution in [0.25, 0.3) is 0 Å². The van der Waals surface area contributed by atoms with Crippen molar-refractivity contribution in [1.29, 1.82) is 0 Å². The van der Waals surface area contributed by atoms with Gasteiger partial charge in [0, 0.05) is 6.42 Å². The molecule has 0 spiro atoms. The topological polar surface area (TPSA) is 228 Å². The molecule has 14 heteroatoms. The second kappa shape index (κ2) is 56.0. The lowest BCUT2D eigenvalue weighted by atomic mass is 9.97. The van der Waals surface area contributed by atoms with E-state index in [0.717, 1.165) is 38.5 Å². The Morgan fingerprint density at radius 3 is 1.22 bits per heavy atom. The molecule has 0 aromatic rings. The average Bonchev–Trinajstić information content (AvgIpc) is 3.68. The number of unbranched alkanes of at least 4 members (excludes halogenated alkanes) is 39. The van der Waals surface area contributed by atoms with E-state index in [1.165, 1.54) is 231 Å². The number of aliphatic hydroxyl groups is 8. The Kier molecular flexibility index (Phi) is 52.1. The zero-order chi connectivity index (χ0) is 61.6. The molecule has 2 aliphatic heterocycles. The smallest absolute Gasteiger partial charge is 0.220 e. The van der Waals surface area contributed by atoms with Gasteiger partial charge in [-0.2, -0.15) is 0 Å². The van der Waals surface area contributed by atoms with E-state index in [0.29, 0.717) is 12.8 Å². The maximum atomic E-state index is 13.3. The summed E-state index contributed by atoms with van der Waals surface area (Å²) in [6.07, 6.45) is 56.0. The van der Waals surface area contributed by atoms with Crippen molar-refractivity contribution in [2.75, 3.05) is 19.8 Å². The third-order valence-corrected chi connectivity index (χ3v) is 17.2. The fourth-order valence-electron chi connectivity index (χ4n) is 11.6. The van der Waals surface area contributed by atoms with Crippen LogP contribution in [-0.4, -0.2) is 140 Å². The predicted molar refractivity (Wildman–Crippen MR) is 346 cm³/mol. The Labute approximate surface area is 518 Å². The molecule has 0 aromatic heterocycles. The molecule has 0 aliphatic carbocycles. The Morgan fingerprint density at radius 2 is 0.788 bits per heavy atom. The van der Waals surface area contributed by atoms with Crippen LogP contribution in [0.5, 0.6) is 0 Å². The van der Waals surface area contributed by atoms with Gasteiger partial charge in [0.1, 0.15) is 48.8 Å². The molecule has 0 aromatic carbocycles. The Hall–Kier alpha value is -2.05. The van der Waals surface area contributed by atoms with Gasteiger partial charge in [-0.3, -0.25) is 4.79 Å². The summed E-state index contributed by atoms with van der Waals surface area (Å²) in [5, 5.41) is 87.4. The van der Waals surface area contributed by atoms with Crippen molar-refractivity contribution in [3.8, 4) is 0 Å². The minimum absolute atomic E-state index is 0.249. The monoisotopic (exact) mass is 1210 g/mol. The van der Waals surface area contributed by atoms with Crippen molar-refractivity contribution in [2.45, 2.75) is 376 Å². The molecule has 9 N–H and O–H groups in total. The first-order chi connectivity index (χ1) is 41.6. The van der Waals surface area contributed by atoms with Crippen molar-refractivity contribution in [3.05, 3.63) is 48.6 Å². The van der Waals surface area contributed by atoms with Gasteiger partial charge in [-0.25, -0.2) is 0 Å². The highest BCUT2D eigenvalue weighted by molar-refractivity contribution is 5.76. The van der Waals surface area contributed by atoms with Crippen LogP contribution >= 0.6 is 0 Å². The first-order valence-corrected chi connectivity index (χ1v) is 35.4. The maximum Gasteiger partial charge on any atom is 0.220 e. The molecule has 12 atom stereocenters. The van der Waals surface area contributed by atoms with Crippen molar-refractivity contribution in [1.82, 2.24) is 5.32 Å². The number of rotatable bonds is 58. The van der Waals surface area contributed by atoms with E-state index in [-0.39, 0.29) is 18.9 Å². The van der Waals surface area contributed by atoms with E-state index in [4.69, 9.17) is 18.9 Å². The number of carbonyl (C=O) groups is 1. The van der Waals surface area contributed by atoms with Gasteiger partial charge < -0.3 is 65.1 Å². The summed E-state index contributed by atoms with van der Waals surface area (Å²) < 4.78 is 22.8. The highest BCUT2D eigenvalue weighted by Gasteiger charge is 2.51. The molecule has 1 amide bonds. The first-order valence-electron chi connectivity index (χ1n) is 35.4. The van der Waals surface area contributed by atoms with Gasteiger partial charge in [-0.1, -0.05) is 281 Å². The van der Waals surface area contributed by atoms with Crippen molar-refractivity contribution < 1.29 is 64.6 Å². The third-order valence-electron chi connectivity index (χ3n) is 17.2. The van der Waals surface area contributed by atoms with E-state index in [9.17, 15) is 45.6 Å². The van der Waals surface area contributed by atoms with Gasteiger partial charge in [-0.05, 0) is 64.2 Å². The molecule has 85 heavy (non-hydrogen) atoms. The summed E-state index contributed by atoms with van der Waals surface area (Å²) in [6, 6.07) is -0.935. The Balaban J connectivity index is 1.70. The lowest BCUT2D eigenvalue weighted by molar-refractivity contribution is -0.359. The number of aliphatic hydroxyl groups excluding tert-OH is 8. The standard InChI is InChI=1S/C71H131NO13/c1-3-5-7-9-11-13-15-17-19-21-23-25-27-28-29-30-31-33-34-36-38-40-42-44-46-48-50-52-54-60(75)59(58-82-70-68(81)66(79)69(62(57-74)84-70)85-71-67(80)65(78)64(77)61(56-73)83-71)72-63(76)55-53-51-49-47-45-43-41-39-37-35-32-26-24-22-20-18-16-14-12-10-8-6-4-2/h16,18,22,24,44,46,52,54,59-62,64-71,73-75,77-81H,3-15,17,19-21,23,25-43,45,47-51,53,55-58H2,1-2H3,(H,72,76)/b18-16-,24-22-,46-44+,54-52+. The quantitative estimate of drug-likeness (QED) is 0.0204. The van der Waals surface area contributed by atoms with Gasteiger partial charge >= 0.3 is 0 Å². The number of amides is 1. The SMILES string of the molecule is CCCCCCC/C=C\C/C=C\CCCCCCCCCCCCCC(=O)NC(COC1OC(CO)C(OC2OC(CO)C(O)C(O)C2O)C(O)C1O)C(O)/C=C/CC/C=C/CCCCCCCCCCCCCCCCCCCCCCCC. The van der Waals surface area contributed by atoms with Gasteiger partial charge in [0.2, 0.25) is 5.91 Å². The number of carbonyl (C=O) groups excluding carboxylic acids is 1. The van der Waals surface area contributed by atoms with E-state index in [1.54, 1.807) is 6.08 Å². The molecule has 2 heterocycles. The lowest BCUT2D eigenvalue weighted by Crippen LogP contribution is -2.65. The van der Waals surface area contributed by atoms with Crippen LogP contribution in [0.4, 0.5) is 0 Å². The minimum atomic E-state index is -1.79. The third kappa shape index (κ3) is 40.3. The zero-order valence-corrected chi connectivity index (χ0v) is 54.1. The molecular weight excluding hydrogens is 1070 g/mol. The van der Waals surface area contributed by atoms with E-state index in [2.05, 4.69) is 55.6 Å². The molecule has 0 bridgehead atoms. The average molecular weight is 1210 g/mol. The van der Waals surface area contributed by atoms with Crippen molar-refractivity contribution >= 4 is 5.91 Å². The molecular formula is C71H131NO13. The molecule has 0 radical (unpaired) electrons. The first kappa shape index (κ1) is 79.0. The largest absolute Gasteiger partial charge is 0.394 e.